The Morgan fingerprint density at radius 1 is 0.938 bits per heavy atom. The van der Waals surface area contributed by atoms with E-state index in [1.54, 1.807) is 0 Å². The van der Waals surface area contributed by atoms with Gasteiger partial charge in [-0.05, 0) is 59.9 Å². The van der Waals surface area contributed by atoms with Crippen LogP contribution in [-0.2, 0) is 41.8 Å². The molecule has 2 aliphatic rings. The molecule has 1 saturated carbocycles. The molecule has 2 atom stereocenters. The molecule has 1 aliphatic carbocycles. The van der Waals surface area contributed by atoms with E-state index < -0.39 is 34.2 Å². The molecule has 0 aromatic heterocycles. The minimum atomic E-state index is -1.81. The number of amides is 1. The highest BCUT2D eigenvalue weighted by atomic mass is 32.2. The average Bonchev–Trinajstić information content (AvgIpc) is 3.03. The highest BCUT2D eigenvalue weighted by Gasteiger charge is 2.30. The maximum atomic E-state index is 13.8. The molecule has 0 radical (unpaired) electrons. The van der Waals surface area contributed by atoms with Crippen molar-refractivity contribution in [1.82, 2.24) is 0 Å². The number of aryl methyl sites for hydroxylation is 1. The SMILES string of the molecule is CC(C)(C)c1ccc(CCC(CC2CCCCC2)OC(=O)CS(=O)CC(=O)O)cc1NC(=O)CC1c2ccccc2Oc2ccccc21. The zero-order valence-electron chi connectivity index (χ0n) is 28.2. The highest BCUT2D eigenvalue weighted by molar-refractivity contribution is 7.86. The summed E-state index contributed by atoms with van der Waals surface area (Å²) >= 11 is 0. The maximum Gasteiger partial charge on any atom is 0.318 e. The normalized spacial score (nSPS) is 16.1. The van der Waals surface area contributed by atoms with Gasteiger partial charge in [0.2, 0.25) is 5.91 Å². The summed E-state index contributed by atoms with van der Waals surface area (Å²) in [5.41, 5.74) is 4.56. The minimum absolute atomic E-state index is 0.0902. The Balaban J connectivity index is 1.31. The molecule has 1 amide bonds. The Labute approximate surface area is 286 Å². The number of carbonyl (C=O) groups is 3. The molecule has 0 bridgehead atoms. The van der Waals surface area contributed by atoms with E-state index >= 15 is 0 Å². The number of anilines is 1. The number of carboxylic acid groups (broad SMARTS) is 1. The summed E-state index contributed by atoms with van der Waals surface area (Å²) in [6.45, 7) is 6.36. The van der Waals surface area contributed by atoms with Crippen LogP contribution in [0.1, 0.15) is 100 Å². The molecule has 256 valence electrons. The molecular weight excluding hydrogens is 626 g/mol. The van der Waals surface area contributed by atoms with Crippen LogP contribution in [0.4, 0.5) is 5.69 Å². The Morgan fingerprint density at radius 2 is 1.58 bits per heavy atom. The molecule has 0 saturated heterocycles. The topological polar surface area (TPSA) is 119 Å². The lowest BCUT2D eigenvalue weighted by Crippen LogP contribution is -2.27. The van der Waals surface area contributed by atoms with Crippen LogP contribution in [0.2, 0.25) is 0 Å². The average molecular weight is 674 g/mol. The molecule has 0 spiro atoms. The van der Waals surface area contributed by atoms with Crippen molar-refractivity contribution in [1.29, 1.82) is 0 Å². The van der Waals surface area contributed by atoms with Crippen LogP contribution in [-0.4, -0.2) is 44.8 Å². The number of hydrogen-bond acceptors (Lipinski definition) is 6. The van der Waals surface area contributed by atoms with Crippen LogP contribution >= 0.6 is 0 Å². The molecule has 48 heavy (non-hydrogen) atoms. The highest BCUT2D eigenvalue weighted by Crippen LogP contribution is 2.45. The largest absolute Gasteiger partial charge is 0.481 e. The standard InChI is InChI=1S/C39H47NO7S/c1-39(2,3)32-20-18-27(17-19-28(21-26-11-5-4-6-12-26)46-38(44)25-48(45)24-37(42)43)22-33(32)40-36(41)23-31-29-13-7-9-15-34(29)47-35-16-10-8-14-30(31)35/h7-10,13-16,18,20,22,26,28,31H,4-6,11-12,17,19,21,23-25H2,1-3H3,(H,40,41)(H,42,43). The predicted molar refractivity (Wildman–Crippen MR) is 188 cm³/mol. The molecule has 1 aliphatic heterocycles. The molecule has 1 heterocycles. The second-order valence-electron chi connectivity index (χ2n) is 14.1. The van der Waals surface area contributed by atoms with Gasteiger partial charge in [-0.1, -0.05) is 101 Å². The van der Waals surface area contributed by atoms with Crippen molar-refractivity contribution in [2.75, 3.05) is 16.8 Å². The second kappa shape index (κ2) is 15.9. The number of fused-ring (bicyclic) bond motifs is 2. The van der Waals surface area contributed by atoms with Gasteiger partial charge in [0.15, 0.2) is 0 Å². The number of rotatable bonds is 13. The smallest absolute Gasteiger partial charge is 0.318 e. The van der Waals surface area contributed by atoms with Crippen LogP contribution in [0.3, 0.4) is 0 Å². The summed E-state index contributed by atoms with van der Waals surface area (Å²) in [7, 11) is -1.81. The zero-order valence-corrected chi connectivity index (χ0v) is 29.0. The molecule has 2 unspecified atom stereocenters. The van der Waals surface area contributed by atoms with Gasteiger partial charge in [-0.3, -0.25) is 18.6 Å². The minimum Gasteiger partial charge on any atom is -0.481 e. The lowest BCUT2D eigenvalue weighted by atomic mass is 9.83. The van der Waals surface area contributed by atoms with Gasteiger partial charge < -0.3 is 19.9 Å². The summed E-state index contributed by atoms with van der Waals surface area (Å²) in [6, 6.07) is 21.9. The number of nitrogens with one attached hydrogen (secondary N) is 1. The third-order valence-corrected chi connectivity index (χ3v) is 10.4. The van der Waals surface area contributed by atoms with E-state index in [0.29, 0.717) is 18.8 Å². The Hall–Kier alpha value is -3.98. The summed E-state index contributed by atoms with van der Waals surface area (Å²) in [6.07, 6.45) is 7.56. The Morgan fingerprint density at radius 3 is 2.21 bits per heavy atom. The quantitative estimate of drug-likeness (QED) is 0.177. The first-order valence-corrected chi connectivity index (χ1v) is 18.5. The Bertz CT molecular complexity index is 1590. The number of esters is 1. The van der Waals surface area contributed by atoms with Crippen molar-refractivity contribution in [2.45, 2.75) is 96.0 Å². The molecule has 8 nitrogen and oxygen atoms in total. The van der Waals surface area contributed by atoms with Gasteiger partial charge in [-0.2, -0.15) is 0 Å². The summed E-state index contributed by atoms with van der Waals surface area (Å²) in [5.74, 6) is -1.08. The van der Waals surface area contributed by atoms with Gasteiger partial charge >= 0.3 is 11.9 Å². The molecule has 3 aromatic rings. The van der Waals surface area contributed by atoms with Crippen molar-refractivity contribution in [3.05, 3.63) is 89.0 Å². The van der Waals surface area contributed by atoms with Crippen molar-refractivity contribution in [3.63, 3.8) is 0 Å². The van der Waals surface area contributed by atoms with Gasteiger partial charge in [0.05, 0.1) is 0 Å². The van der Waals surface area contributed by atoms with E-state index in [-0.39, 0.29) is 29.8 Å². The molecular formula is C39H47NO7S. The fourth-order valence-corrected chi connectivity index (χ4v) is 7.72. The van der Waals surface area contributed by atoms with E-state index in [0.717, 1.165) is 71.5 Å². The van der Waals surface area contributed by atoms with Crippen molar-refractivity contribution >= 4 is 34.3 Å². The first-order chi connectivity index (χ1) is 23.0. The van der Waals surface area contributed by atoms with Crippen molar-refractivity contribution in [2.24, 2.45) is 5.92 Å². The fraction of sp³-hybridized carbons (Fsp3) is 0.462. The second-order valence-corrected chi connectivity index (χ2v) is 15.6. The third-order valence-electron chi connectivity index (χ3n) is 9.30. The van der Waals surface area contributed by atoms with E-state index in [2.05, 4.69) is 38.2 Å². The summed E-state index contributed by atoms with van der Waals surface area (Å²) in [4.78, 5) is 37.4. The number of aliphatic carboxylic acids is 1. The molecule has 3 aromatic carbocycles. The van der Waals surface area contributed by atoms with Crippen LogP contribution in [0.15, 0.2) is 66.7 Å². The van der Waals surface area contributed by atoms with E-state index in [1.165, 1.54) is 6.42 Å². The van der Waals surface area contributed by atoms with Crippen LogP contribution in [0.5, 0.6) is 11.5 Å². The summed E-state index contributed by atoms with van der Waals surface area (Å²) < 4.78 is 24.1. The van der Waals surface area contributed by atoms with Gasteiger partial charge in [-0.15, -0.1) is 0 Å². The van der Waals surface area contributed by atoms with Gasteiger partial charge in [-0.25, -0.2) is 0 Å². The lowest BCUT2D eigenvalue weighted by molar-refractivity contribution is -0.147. The molecule has 9 heteroatoms. The van der Waals surface area contributed by atoms with Crippen LogP contribution < -0.4 is 10.1 Å². The van der Waals surface area contributed by atoms with E-state index in [4.69, 9.17) is 14.6 Å². The lowest BCUT2D eigenvalue weighted by Gasteiger charge is -2.28. The molecule has 2 N–H and O–H groups in total. The Kier molecular flexibility index (Phi) is 11.7. The monoisotopic (exact) mass is 673 g/mol. The van der Waals surface area contributed by atoms with Gasteiger partial charge in [0.1, 0.15) is 29.1 Å². The number of hydrogen-bond donors (Lipinski definition) is 2. The van der Waals surface area contributed by atoms with Crippen LogP contribution in [0.25, 0.3) is 0 Å². The van der Waals surface area contributed by atoms with E-state index in [1.807, 2.05) is 54.6 Å². The number of carboxylic acids is 1. The zero-order chi connectivity index (χ0) is 34.3. The van der Waals surface area contributed by atoms with Gasteiger partial charge in [0, 0.05) is 40.0 Å². The predicted octanol–water partition coefficient (Wildman–Crippen LogP) is 7.90. The van der Waals surface area contributed by atoms with E-state index in [9.17, 15) is 18.6 Å². The van der Waals surface area contributed by atoms with Crippen LogP contribution in [0, 0.1) is 5.92 Å². The number of para-hydroxylation sites is 2. The molecule has 5 rings (SSSR count). The summed E-state index contributed by atoms with van der Waals surface area (Å²) in [5, 5.41) is 12.2. The third kappa shape index (κ3) is 9.56. The molecule has 1 fully saturated rings. The first-order valence-electron chi connectivity index (χ1n) is 17.0. The first kappa shape index (κ1) is 35.3. The fourth-order valence-electron chi connectivity index (χ4n) is 7.01. The number of benzene rings is 3. The number of ether oxygens (including phenoxy) is 2. The maximum absolute atomic E-state index is 13.8. The van der Waals surface area contributed by atoms with Gasteiger partial charge in [0.25, 0.3) is 0 Å². The van der Waals surface area contributed by atoms with Crippen molar-refractivity contribution < 1.29 is 33.2 Å². The number of carbonyl (C=O) groups excluding carboxylic acids is 2. The van der Waals surface area contributed by atoms with Crippen molar-refractivity contribution in [3.8, 4) is 11.5 Å².